The summed E-state index contributed by atoms with van der Waals surface area (Å²) in [6.45, 7) is 3.34. The minimum atomic E-state index is 0.674. The zero-order valence-corrected chi connectivity index (χ0v) is 11.6. The number of benzene rings is 2. The van der Waals surface area contributed by atoms with Gasteiger partial charge in [0.2, 0.25) is 0 Å². The molecule has 1 atom stereocenters. The van der Waals surface area contributed by atoms with Crippen LogP contribution in [0.15, 0.2) is 42.5 Å². The molecule has 0 radical (unpaired) electrons. The van der Waals surface area contributed by atoms with Gasteiger partial charge in [-0.05, 0) is 42.8 Å². The lowest BCUT2D eigenvalue weighted by molar-refractivity contribution is 0.196. The molecular formula is C17H22N2. The molecular weight excluding hydrogens is 232 g/mol. The van der Waals surface area contributed by atoms with Gasteiger partial charge in [0, 0.05) is 19.1 Å². The smallest absolute Gasteiger partial charge is 0.0240 e. The third-order valence-corrected chi connectivity index (χ3v) is 4.19. The second kappa shape index (κ2) is 5.72. The van der Waals surface area contributed by atoms with Crippen LogP contribution in [0.5, 0.6) is 0 Å². The van der Waals surface area contributed by atoms with E-state index in [4.69, 9.17) is 0 Å². The van der Waals surface area contributed by atoms with Crippen LogP contribution in [0, 0.1) is 0 Å². The van der Waals surface area contributed by atoms with Crippen LogP contribution in [0.3, 0.4) is 0 Å². The highest BCUT2D eigenvalue weighted by Gasteiger charge is 2.18. The summed E-state index contributed by atoms with van der Waals surface area (Å²) in [5, 5.41) is 6.23. The van der Waals surface area contributed by atoms with Gasteiger partial charge in [0.1, 0.15) is 0 Å². The Kier molecular flexibility index (Phi) is 3.81. The van der Waals surface area contributed by atoms with E-state index in [1.807, 2.05) is 0 Å². The highest BCUT2D eigenvalue weighted by molar-refractivity contribution is 5.85. The molecule has 1 heterocycles. The summed E-state index contributed by atoms with van der Waals surface area (Å²) in [6, 6.07) is 16.0. The molecule has 100 valence electrons. The van der Waals surface area contributed by atoms with E-state index in [0.29, 0.717) is 6.04 Å². The van der Waals surface area contributed by atoms with Gasteiger partial charge in [-0.25, -0.2) is 0 Å². The van der Waals surface area contributed by atoms with Crippen molar-refractivity contribution in [3.63, 3.8) is 0 Å². The Morgan fingerprint density at radius 2 is 2.00 bits per heavy atom. The molecule has 2 aromatic rings. The summed E-state index contributed by atoms with van der Waals surface area (Å²) in [5.74, 6) is 0. The predicted molar refractivity (Wildman–Crippen MR) is 81.3 cm³/mol. The van der Waals surface area contributed by atoms with E-state index in [2.05, 4.69) is 59.7 Å². The fourth-order valence-electron chi connectivity index (χ4n) is 3.04. The third kappa shape index (κ3) is 2.80. The fourth-order valence-corrected chi connectivity index (χ4v) is 3.04. The van der Waals surface area contributed by atoms with Crippen molar-refractivity contribution in [1.82, 2.24) is 10.2 Å². The minimum absolute atomic E-state index is 0.674. The van der Waals surface area contributed by atoms with Crippen molar-refractivity contribution < 1.29 is 0 Å². The van der Waals surface area contributed by atoms with Gasteiger partial charge in [0.05, 0.1) is 0 Å². The number of nitrogens with one attached hydrogen (secondary N) is 1. The first-order chi connectivity index (χ1) is 9.34. The van der Waals surface area contributed by atoms with E-state index in [1.165, 1.54) is 35.7 Å². The van der Waals surface area contributed by atoms with Crippen LogP contribution in [0.2, 0.25) is 0 Å². The third-order valence-electron chi connectivity index (χ3n) is 4.19. The summed E-state index contributed by atoms with van der Waals surface area (Å²) in [5.41, 5.74) is 1.44. The molecule has 1 aliphatic rings. The molecule has 0 spiro atoms. The second-order valence-electron chi connectivity index (χ2n) is 5.55. The Hall–Kier alpha value is -1.38. The number of hydrogen-bond acceptors (Lipinski definition) is 2. The molecule has 0 aromatic heterocycles. The summed E-state index contributed by atoms with van der Waals surface area (Å²) < 4.78 is 0. The highest BCUT2D eigenvalue weighted by Crippen LogP contribution is 2.21. The number of nitrogens with zero attached hydrogens (tertiary/aromatic N) is 1. The van der Waals surface area contributed by atoms with E-state index >= 15 is 0 Å². The van der Waals surface area contributed by atoms with Crippen LogP contribution in [0.1, 0.15) is 18.4 Å². The van der Waals surface area contributed by atoms with Crippen LogP contribution in [-0.2, 0) is 6.54 Å². The van der Waals surface area contributed by atoms with Gasteiger partial charge in [0.15, 0.2) is 0 Å². The molecule has 1 fully saturated rings. The normalized spacial score (nSPS) is 20.0. The lowest BCUT2D eigenvalue weighted by Crippen LogP contribution is -2.43. The molecule has 2 heteroatoms. The largest absolute Gasteiger partial charge is 0.315 e. The fraction of sp³-hybridized carbons (Fsp3) is 0.412. The van der Waals surface area contributed by atoms with E-state index in [9.17, 15) is 0 Å². The lowest BCUT2D eigenvalue weighted by Gasteiger charge is -2.32. The maximum absolute atomic E-state index is 3.50. The molecule has 3 rings (SSSR count). The average molecular weight is 254 g/mol. The first kappa shape index (κ1) is 12.6. The average Bonchev–Trinajstić information content (AvgIpc) is 2.48. The molecule has 19 heavy (non-hydrogen) atoms. The van der Waals surface area contributed by atoms with Crippen molar-refractivity contribution in [2.75, 3.05) is 20.1 Å². The summed E-state index contributed by atoms with van der Waals surface area (Å²) in [4.78, 5) is 2.49. The predicted octanol–water partition coefficient (Wildman–Crippen LogP) is 3.02. The molecule has 1 unspecified atom stereocenters. The lowest BCUT2D eigenvalue weighted by atomic mass is 10.0. The van der Waals surface area contributed by atoms with Crippen molar-refractivity contribution in [3.05, 3.63) is 48.0 Å². The van der Waals surface area contributed by atoms with Gasteiger partial charge in [-0.3, -0.25) is 4.90 Å². The van der Waals surface area contributed by atoms with Crippen molar-refractivity contribution in [2.24, 2.45) is 0 Å². The number of likely N-dealkylation sites (N-methyl/N-ethyl adjacent to an activating group) is 1. The summed E-state index contributed by atoms with van der Waals surface area (Å²) in [7, 11) is 2.25. The monoisotopic (exact) mass is 254 g/mol. The standard InChI is InChI=1S/C17H22N2/c1-19(16-9-5-11-18-12-16)13-15-8-4-7-14-6-2-3-10-17(14)15/h2-4,6-8,10,16,18H,5,9,11-13H2,1H3. The molecule has 0 bridgehead atoms. The van der Waals surface area contributed by atoms with Crippen LogP contribution in [0.25, 0.3) is 10.8 Å². The molecule has 1 aliphatic heterocycles. The molecule has 2 nitrogen and oxygen atoms in total. The van der Waals surface area contributed by atoms with Crippen molar-refractivity contribution in [1.29, 1.82) is 0 Å². The first-order valence-corrected chi connectivity index (χ1v) is 7.22. The summed E-state index contributed by atoms with van der Waals surface area (Å²) >= 11 is 0. The maximum atomic E-state index is 3.50. The van der Waals surface area contributed by atoms with Crippen LogP contribution < -0.4 is 5.32 Å². The van der Waals surface area contributed by atoms with Crippen LogP contribution in [0.4, 0.5) is 0 Å². The minimum Gasteiger partial charge on any atom is -0.315 e. The molecule has 1 saturated heterocycles. The van der Waals surface area contributed by atoms with Crippen molar-refractivity contribution in [3.8, 4) is 0 Å². The Bertz CT molecular complexity index is 538. The number of rotatable bonds is 3. The summed E-state index contributed by atoms with van der Waals surface area (Å²) in [6.07, 6.45) is 2.61. The van der Waals surface area contributed by atoms with E-state index in [1.54, 1.807) is 0 Å². The second-order valence-corrected chi connectivity index (χ2v) is 5.55. The van der Waals surface area contributed by atoms with E-state index in [-0.39, 0.29) is 0 Å². The Morgan fingerprint density at radius 1 is 1.16 bits per heavy atom. The number of piperidine rings is 1. The molecule has 2 aromatic carbocycles. The van der Waals surface area contributed by atoms with Crippen LogP contribution in [-0.4, -0.2) is 31.1 Å². The zero-order valence-electron chi connectivity index (χ0n) is 11.6. The van der Waals surface area contributed by atoms with Gasteiger partial charge >= 0.3 is 0 Å². The van der Waals surface area contributed by atoms with Gasteiger partial charge in [-0.15, -0.1) is 0 Å². The molecule has 1 N–H and O–H groups in total. The van der Waals surface area contributed by atoms with Gasteiger partial charge in [-0.2, -0.15) is 0 Å². The zero-order chi connectivity index (χ0) is 13.1. The van der Waals surface area contributed by atoms with Gasteiger partial charge in [-0.1, -0.05) is 42.5 Å². The molecule has 0 aliphatic carbocycles. The van der Waals surface area contributed by atoms with Crippen molar-refractivity contribution in [2.45, 2.75) is 25.4 Å². The van der Waals surface area contributed by atoms with Gasteiger partial charge in [0.25, 0.3) is 0 Å². The number of hydrogen-bond donors (Lipinski definition) is 1. The van der Waals surface area contributed by atoms with E-state index < -0.39 is 0 Å². The Labute approximate surface area is 115 Å². The maximum Gasteiger partial charge on any atom is 0.0240 e. The van der Waals surface area contributed by atoms with Crippen LogP contribution >= 0.6 is 0 Å². The quantitative estimate of drug-likeness (QED) is 0.905. The topological polar surface area (TPSA) is 15.3 Å². The molecule has 0 amide bonds. The van der Waals surface area contributed by atoms with Crippen molar-refractivity contribution >= 4 is 10.8 Å². The molecule has 0 saturated carbocycles. The Balaban J connectivity index is 1.80. The first-order valence-electron chi connectivity index (χ1n) is 7.22. The van der Waals surface area contributed by atoms with E-state index in [0.717, 1.165) is 13.1 Å². The Morgan fingerprint density at radius 3 is 2.84 bits per heavy atom. The van der Waals surface area contributed by atoms with Gasteiger partial charge < -0.3 is 5.32 Å². The SMILES string of the molecule is CN(Cc1cccc2ccccc12)C1CCCNC1. The number of fused-ring (bicyclic) bond motifs is 1. The highest BCUT2D eigenvalue weighted by atomic mass is 15.2.